The van der Waals surface area contributed by atoms with E-state index in [0.29, 0.717) is 17.8 Å². The Bertz CT molecular complexity index is 957. The van der Waals surface area contributed by atoms with Crippen molar-refractivity contribution in [2.45, 2.75) is 18.8 Å². The SMILES string of the molecule is CN(C)c1ccc(NC(=O)C2C[C@H]2c2ccccc2)cc1C(=O)NCCCN1CCOCC1. The zero-order chi connectivity index (χ0) is 23.2. The maximum atomic E-state index is 13.0. The Hall–Kier alpha value is -2.90. The fraction of sp³-hybridized carbons (Fsp3) is 0.462. The van der Waals surface area contributed by atoms with Crippen LogP contribution in [0.4, 0.5) is 11.4 Å². The molecule has 1 heterocycles. The average Bonchev–Trinajstić information content (AvgIpc) is 3.64. The first-order chi connectivity index (χ1) is 16.0. The number of ether oxygens (including phenoxy) is 1. The highest BCUT2D eigenvalue weighted by molar-refractivity contribution is 6.02. The van der Waals surface area contributed by atoms with E-state index in [9.17, 15) is 9.59 Å². The molecule has 2 aromatic rings. The van der Waals surface area contributed by atoms with Gasteiger partial charge in [-0.15, -0.1) is 0 Å². The van der Waals surface area contributed by atoms with Crippen molar-refractivity contribution < 1.29 is 14.3 Å². The number of amides is 2. The van der Waals surface area contributed by atoms with Crippen molar-refractivity contribution in [1.29, 1.82) is 0 Å². The predicted octanol–water partition coefficient (Wildman–Crippen LogP) is 2.95. The van der Waals surface area contributed by atoms with E-state index >= 15 is 0 Å². The molecule has 7 heteroatoms. The van der Waals surface area contributed by atoms with Gasteiger partial charge in [0.15, 0.2) is 0 Å². The molecule has 2 N–H and O–H groups in total. The maximum Gasteiger partial charge on any atom is 0.253 e. The van der Waals surface area contributed by atoms with E-state index in [2.05, 4.69) is 27.7 Å². The highest BCUT2D eigenvalue weighted by atomic mass is 16.5. The molecule has 2 amide bonds. The van der Waals surface area contributed by atoms with Gasteiger partial charge < -0.3 is 20.3 Å². The average molecular weight is 451 g/mol. The van der Waals surface area contributed by atoms with Gasteiger partial charge in [-0.05, 0) is 49.1 Å². The van der Waals surface area contributed by atoms with Crippen LogP contribution in [0.5, 0.6) is 0 Å². The summed E-state index contributed by atoms with van der Waals surface area (Å²) in [5.74, 6) is 0.156. The number of benzene rings is 2. The first-order valence-corrected chi connectivity index (χ1v) is 11.8. The third-order valence-corrected chi connectivity index (χ3v) is 6.39. The van der Waals surface area contributed by atoms with Crippen LogP contribution in [0.2, 0.25) is 0 Å². The van der Waals surface area contributed by atoms with Crippen molar-refractivity contribution in [3.8, 4) is 0 Å². The van der Waals surface area contributed by atoms with Gasteiger partial charge in [0.1, 0.15) is 0 Å². The van der Waals surface area contributed by atoms with Gasteiger partial charge in [0, 0.05) is 51.0 Å². The quantitative estimate of drug-likeness (QED) is 0.575. The molecule has 1 saturated carbocycles. The molecule has 4 rings (SSSR count). The van der Waals surface area contributed by atoms with Crippen LogP contribution in [0.3, 0.4) is 0 Å². The minimum atomic E-state index is -0.120. The third-order valence-electron chi connectivity index (χ3n) is 6.39. The molecule has 0 bridgehead atoms. The van der Waals surface area contributed by atoms with Gasteiger partial charge in [0.25, 0.3) is 5.91 Å². The first-order valence-electron chi connectivity index (χ1n) is 11.8. The van der Waals surface area contributed by atoms with Crippen LogP contribution >= 0.6 is 0 Å². The third kappa shape index (κ3) is 6.12. The summed E-state index contributed by atoms with van der Waals surface area (Å²) in [7, 11) is 3.83. The lowest BCUT2D eigenvalue weighted by atomic mass is 10.1. The molecule has 7 nitrogen and oxygen atoms in total. The van der Waals surface area contributed by atoms with Crippen LogP contribution in [0.1, 0.15) is 34.7 Å². The second-order valence-electron chi connectivity index (χ2n) is 9.04. The van der Waals surface area contributed by atoms with E-state index in [-0.39, 0.29) is 23.7 Å². The van der Waals surface area contributed by atoms with Crippen molar-refractivity contribution in [2.24, 2.45) is 5.92 Å². The van der Waals surface area contributed by atoms with Gasteiger partial charge in [-0.2, -0.15) is 0 Å². The van der Waals surface area contributed by atoms with Crippen molar-refractivity contribution in [3.63, 3.8) is 0 Å². The van der Waals surface area contributed by atoms with Gasteiger partial charge in [0.05, 0.1) is 18.8 Å². The number of morpholine rings is 1. The monoisotopic (exact) mass is 450 g/mol. The summed E-state index contributed by atoms with van der Waals surface area (Å²) in [6.45, 7) is 5.03. The van der Waals surface area contributed by atoms with E-state index in [0.717, 1.165) is 51.4 Å². The number of carbonyl (C=O) groups excluding carboxylic acids is 2. The zero-order valence-electron chi connectivity index (χ0n) is 19.5. The molecule has 1 saturated heterocycles. The number of carbonyl (C=O) groups is 2. The van der Waals surface area contributed by atoms with Crippen molar-refractivity contribution >= 4 is 23.2 Å². The molecule has 2 fully saturated rings. The largest absolute Gasteiger partial charge is 0.379 e. The van der Waals surface area contributed by atoms with Gasteiger partial charge in [-0.1, -0.05) is 30.3 Å². The summed E-state index contributed by atoms with van der Waals surface area (Å²) in [6, 6.07) is 15.7. The second kappa shape index (κ2) is 10.8. The minimum absolute atomic E-state index is 0.0123. The number of hydrogen-bond acceptors (Lipinski definition) is 5. The van der Waals surface area contributed by atoms with Gasteiger partial charge in [-0.25, -0.2) is 0 Å². The summed E-state index contributed by atoms with van der Waals surface area (Å²) in [6.07, 6.45) is 1.75. The molecule has 2 atom stereocenters. The van der Waals surface area contributed by atoms with E-state index in [1.54, 1.807) is 6.07 Å². The number of anilines is 2. The van der Waals surface area contributed by atoms with E-state index in [1.165, 1.54) is 5.56 Å². The molecule has 1 aliphatic carbocycles. The summed E-state index contributed by atoms with van der Waals surface area (Å²) < 4.78 is 5.38. The van der Waals surface area contributed by atoms with Crippen molar-refractivity contribution in [2.75, 3.05) is 63.7 Å². The summed E-state index contributed by atoms with van der Waals surface area (Å²) in [5.41, 5.74) is 3.26. The van der Waals surface area contributed by atoms with Crippen molar-refractivity contribution in [1.82, 2.24) is 10.2 Å². The maximum absolute atomic E-state index is 13.0. The highest BCUT2D eigenvalue weighted by Crippen LogP contribution is 2.47. The minimum Gasteiger partial charge on any atom is -0.379 e. The number of nitrogens with zero attached hydrogens (tertiary/aromatic N) is 2. The number of hydrogen-bond donors (Lipinski definition) is 2. The number of rotatable bonds is 9. The van der Waals surface area contributed by atoms with E-state index in [1.807, 2.05) is 49.3 Å². The summed E-state index contributed by atoms with van der Waals surface area (Å²) in [5, 5.41) is 6.06. The Kier molecular flexibility index (Phi) is 7.62. The van der Waals surface area contributed by atoms with Gasteiger partial charge in [-0.3, -0.25) is 14.5 Å². The Labute approximate surface area is 196 Å². The lowest BCUT2D eigenvalue weighted by molar-refractivity contribution is -0.117. The summed E-state index contributed by atoms with van der Waals surface area (Å²) in [4.78, 5) is 30.0. The van der Waals surface area contributed by atoms with Crippen LogP contribution < -0.4 is 15.5 Å². The zero-order valence-corrected chi connectivity index (χ0v) is 19.5. The first kappa shape index (κ1) is 23.3. The lowest BCUT2D eigenvalue weighted by Crippen LogP contribution is -2.38. The van der Waals surface area contributed by atoms with Crippen LogP contribution in [0, 0.1) is 5.92 Å². The van der Waals surface area contributed by atoms with Crippen LogP contribution in [-0.2, 0) is 9.53 Å². The smallest absolute Gasteiger partial charge is 0.253 e. The van der Waals surface area contributed by atoms with Crippen LogP contribution in [0.15, 0.2) is 48.5 Å². The topological polar surface area (TPSA) is 73.9 Å². The summed E-state index contributed by atoms with van der Waals surface area (Å²) >= 11 is 0. The fourth-order valence-corrected chi connectivity index (χ4v) is 4.40. The lowest BCUT2D eigenvalue weighted by Gasteiger charge is -2.26. The van der Waals surface area contributed by atoms with Gasteiger partial charge >= 0.3 is 0 Å². The molecule has 0 spiro atoms. The molecule has 2 aliphatic rings. The van der Waals surface area contributed by atoms with E-state index in [4.69, 9.17) is 4.74 Å². The van der Waals surface area contributed by atoms with E-state index < -0.39 is 0 Å². The molecule has 0 radical (unpaired) electrons. The highest BCUT2D eigenvalue weighted by Gasteiger charge is 2.43. The molecule has 176 valence electrons. The standard InChI is InChI=1S/C26H34N4O3/c1-29(2)24-10-9-20(28-26(32)22-18-21(22)19-7-4-3-5-8-19)17-23(24)25(31)27-11-6-12-30-13-15-33-16-14-30/h3-5,7-10,17,21-22H,6,11-16,18H2,1-2H3,(H,27,31)(H,28,32)/t21-,22?/m0/s1. The second-order valence-corrected chi connectivity index (χ2v) is 9.04. The normalized spacial score (nSPS) is 20.2. The molecule has 2 aromatic carbocycles. The van der Waals surface area contributed by atoms with Crippen LogP contribution in [0.25, 0.3) is 0 Å². The Morgan fingerprint density at radius 1 is 1.09 bits per heavy atom. The Morgan fingerprint density at radius 3 is 2.58 bits per heavy atom. The number of nitrogens with one attached hydrogen (secondary N) is 2. The molecule has 1 aliphatic heterocycles. The van der Waals surface area contributed by atoms with Crippen LogP contribution in [-0.4, -0.2) is 70.2 Å². The van der Waals surface area contributed by atoms with Gasteiger partial charge in [0.2, 0.25) is 5.91 Å². The predicted molar refractivity (Wildman–Crippen MR) is 131 cm³/mol. The molecular formula is C26H34N4O3. The van der Waals surface area contributed by atoms with Crippen molar-refractivity contribution in [3.05, 3.63) is 59.7 Å². The fourth-order valence-electron chi connectivity index (χ4n) is 4.40. The Morgan fingerprint density at radius 2 is 1.85 bits per heavy atom. The molecule has 0 aromatic heterocycles. The Balaban J connectivity index is 1.34. The molecule has 1 unspecified atom stereocenters. The molecular weight excluding hydrogens is 416 g/mol. The molecule has 33 heavy (non-hydrogen) atoms.